The lowest BCUT2D eigenvalue weighted by Crippen LogP contribution is -2.57. The van der Waals surface area contributed by atoms with Gasteiger partial charge >= 0.3 is 5.97 Å². The van der Waals surface area contributed by atoms with E-state index < -0.39 is 60.7 Å². The molecule has 186 valence electrons. The number of hydrogen-bond acceptors (Lipinski definition) is 6. The number of carboxylic acids is 1. The molecule has 0 bridgehead atoms. The maximum absolute atomic E-state index is 13.2. The first-order valence-corrected chi connectivity index (χ1v) is 10.9. The van der Waals surface area contributed by atoms with Crippen LogP contribution < -0.4 is 27.4 Å². The molecule has 0 aliphatic rings. The van der Waals surface area contributed by atoms with Gasteiger partial charge in [0.2, 0.25) is 23.6 Å². The standard InChI is InChI=1S/C24H29N5O6/c25-17(13-20(26)30)22(33)28-19(12-16-9-5-2-6-10-16)24(35)29-18(23(34)27-14-21(31)32)11-15-7-3-1-4-8-15/h1-10,17-19H,11-14,25H2,(H2,26,30)(H,27,34)(H,28,33)(H,29,35)(H,31,32). The fourth-order valence-electron chi connectivity index (χ4n) is 3.26. The summed E-state index contributed by atoms with van der Waals surface area (Å²) in [6, 6.07) is 14.2. The highest BCUT2D eigenvalue weighted by Crippen LogP contribution is 2.07. The van der Waals surface area contributed by atoms with Gasteiger partial charge in [-0.05, 0) is 11.1 Å². The lowest BCUT2D eigenvalue weighted by Gasteiger charge is -2.24. The van der Waals surface area contributed by atoms with Gasteiger partial charge in [-0.2, -0.15) is 0 Å². The highest BCUT2D eigenvalue weighted by Gasteiger charge is 2.29. The molecule has 11 nitrogen and oxygen atoms in total. The lowest BCUT2D eigenvalue weighted by atomic mass is 10.0. The fraction of sp³-hybridized carbons (Fsp3) is 0.292. The number of nitrogens with two attached hydrogens (primary N) is 2. The van der Waals surface area contributed by atoms with E-state index in [9.17, 15) is 24.0 Å². The van der Waals surface area contributed by atoms with Crippen LogP contribution in [0, 0.1) is 0 Å². The van der Waals surface area contributed by atoms with Gasteiger partial charge in [0, 0.05) is 12.8 Å². The molecule has 11 heteroatoms. The second kappa shape index (κ2) is 13.5. The molecule has 0 saturated carbocycles. The molecule has 0 saturated heterocycles. The highest BCUT2D eigenvalue weighted by molar-refractivity contribution is 5.95. The number of carboxylic acid groups (broad SMARTS) is 1. The van der Waals surface area contributed by atoms with Gasteiger partial charge in [0.25, 0.3) is 0 Å². The van der Waals surface area contributed by atoms with Crippen molar-refractivity contribution in [3.8, 4) is 0 Å². The molecule has 3 atom stereocenters. The fourth-order valence-corrected chi connectivity index (χ4v) is 3.26. The number of aliphatic carboxylic acids is 1. The van der Waals surface area contributed by atoms with E-state index in [-0.39, 0.29) is 12.8 Å². The molecule has 35 heavy (non-hydrogen) atoms. The summed E-state index contributed by atoms with van der Waals surface area (Å²) in [6.45, 7) is -0.619. The molecule has 0 radical (unpaired) electrons. The van der Waals surface area contributed by atoms with Crippen molar-refractivity contribution in [3.05, 3.63) is 71.8 Å². The smallest absolute Gasteiger partial charge is 0.322 e. The number of benzene rings is 2. The second-order valence-electron chi connectivity index (χ2n) is 7.89. The summed E-state index contributed by atoms with van der Waals surface area (Å²) in [7, 11) is 0. The molecule has 2 aromatic carbocycles. The molecule has 0 aliphatic heterocycles. The molecule has 8 N–H and O–H groups in total. The Morgan fingerprint density at radius 1 is 0.743 bits per heavy atom. The van der Waals surface area contributed by atoms with E-state index in [1.165, 1.54) is 0 Å². The van der Waals surface area contributed by atoms with Gasteiger partial charge in [-0.15, -0.1) is 0 Å². The van der Waals surface area contributed by atoms with Gasteiger partial charge in [-0.1, -0.05) is 60.7 Å². The summed E-state index contributed by atoms with van der Waals surface area (Å²) < 4.78 is 0. The zero-order chi connectivity index (χ0) is 25.8. The third-order valence-electron chi connectivity index (χ3n) is 5.00. The van der Waals surface area contributed by atoms with Crippen molar-refractivity contribution in [3.63, 3.8) is 0 Å². The van der Waals surface area contributed by atoms with E-state index in [0.29, 0.717) is 0 Å². The number of nitrogens with one attached hydrogen (secondary N) is 3. The minimum Gasteiger partial charge on any atom is -0.480 e. The number of amides is 4. The molecule has 0 aliphatic carbocycles. The highest BCUT2D eigenvalue weighted by atomic mass is 16.4. The Labute approximate surface area is 202 Å². The maximum atomic E-state index is 13.2. The second-order valence-corrected chi connectivity index (χ2v) is 7.89. The van der Waals surface area contributed by atoms with Gasteiger partial charge in [0.1, 0.15) is 18.6 Å². The van der Waals surface area contributed by atoms with Crippen molar-refractivity contribution < 1.29 is 29.1 Å². The molecular formula is C24H29N5O6. The first kappa shape index (κ1) is 27.0. The Kier molecular flexibility index (Phi) is 10.4. The van der Waals surface area contributed by atoms with E-state index in [4.69, 9.17) is 16.6 Å². The topological polar surface area (TPSA) is 194 Å². The van der Waals surface area contributed by atoms with Gasteiger partial charge in [-0.3, -0.25) is 24.0 Å². The Hall–Kier alpha value is -4.25. The third-order valence-corrected chi connectivity index (χ3v) is 5.00. The van der Waals surface area contributed by atoms with Crippen LogP contribution in [-0.4, -0.2) is 59.4 Å². The largest absolute Gasteiger partial charge is 0.480 e. The predicted octanol–water partition coefficient (Wildman–Crippen LogP) is -1.16. The predicted molar refractivity (Wildman–Crippen MR) is 127 cm³/mol. The molecule has 4 amide bonds. The number of rotatable bonds is 13. The van der Waals surface area contributed by atoms with Crippen LogP contribution in [0.25, 0.3) is 0 Å². The van der Waals surface area contributed by atoms with Crippen LogP contribution in [-0.2, 0) is 36.8 Å². The average Bonchev–Trinajstić information content (AvgIpc) is 2.82. The third kappa shape index (κ3) is 9.64. The summed E-state index contributed by atoms with van der Waals surface area (Å²) in [6.07, 6.45) is -0.235. The van der Waals surface area contributed by atoms with E-state index >= 15 is 0 Å². The summed E-state index contributed by atoms with van der Waals surface area (Å²) in [5, 5.41) is 16.3. The first-order valence-electron chi connectivity index (χ1n) is 10.9. The summed E-state index contributed by atoms with van der Waals surface area (Å²) in [5.74, 6) is -4.13. The van der Waals surface area contributed by atoms with Crippen molar-refractivity contribution in [1.82, 2.24) is 16.0 Å². The van der Waals surface area contributed by atoms with E-state index in [0.717, 1.165) is 11.1 Å². The quantitative estimate of drug-likeness (QED) is 0.207. The normalized spacial score (nSPS) is 13.1. The van der Waals surface area contributed by atoms with Gasteiger partial charge in [0.05, 0.1) is 12.5 Å². The van der Waals surface area contributed by atoms with E-state index in [2.05, 4.69) is 16.0 Å². The number of primary amides is 1. The zero-order valence-electron chi connectivity index (χ0n) is 19.0. The van der Waals surface area contributed by atoms with E-state index in [1.807, 2.05) is 0 Å². The first-order chi connectivity index (χ1) is 16.7. The molecule has 3 unspecified atom stereocenters. The van der Waals surface area contributed by atoms with Crippen LogP contribution in [0.1, 0.15) is 17.5 Å². The molecule has 2 aromatic rings. The van der Waals surface area contributed by atoms with Crippen molar-refractivity contribution in [1.29, 1.82) is 0 Å². The Bertz CT molecular complexity index is 1030. The number of carbonyl (C=O) groups excluding carboxylic acids is 4. The van der Waals surface area contributed by atoms with Crippen LogP contribution >= 0.6 is 0 Å². The minimum atomic E-state index is -1.25. The van der Waals surface area contributed by atoms with Crippen molar-refractivity contribution in [2.45, 2.75) is 37.4 Å². The van der Waals surface area contributed by atoms with Crippen molar-refractivity contribution in [2.24, 2.45) is 11.5 Å². The molecule has 0 heterocycles. The van der Waals surface area contributed by atoms with Crippen molar-refractivity contribution >= 4 is 29.6 Å². The van der Waals surface area contributed by atoms with Gasteiger partial charge in [-0.25, -0.2) is 0 Å². The molecule has 2 rings (SSSR count). The molecule has 0 spiro atoms. The van der Waals surface area contributed by atoms with Crippen LogP contribution in [0.2, 0.25) is 0 Å². The molecular weight excluding hydrogens is 454 g/mol. The lowest BCUT2D eigenvalue weighted by molar-refractivity contribution is -0.138. The Morgan fingerprint density at radius 3 is 1.66 bits per heavy atom. The van der Waals surface area contributed by atoms with Crippen LogP contribution in [0.4, 0.5) is 0 Å². The van der Waals surface area contributed by atoms with Gasteiger partial charge in [0.15, 0.2) is 0 Å². The van der Waals surface area contributed by atoms with Crippen LogP contribution in [0.5, 0.6) is 0 Å². The maximum Gasteiger partial charge on any atom is 0.322 e. The number of hydrogen-bond donors (Lipinski definition) is 6. The zero-order valence-corrected chi connectivity index (χ0v) is 19.0. The summed E-state index contributed by atoms with van der Waals surface area (Å²) >= 11 is 0. The average molecular weight is 484 g/mol. The monoisotopic (exact) mass is 483 g/mol. The Balaban J connectivity index is 2.23. The van der Waals surface area contributed by atoms with Gasteiger partial charge < -0.3 is 32.5 Å². The SMILES string of the molecule is NC(=O)CC(N)C(=O)NC(Cc1ccccc1)C(=O)NC(Cc1ccccc1)C(=O)NCC(=O)O. The number of carbonyl (C=O) groups is 5. The Morgan fingerprint density at radius 2 is 1.20 bits per heavy atom. The summed E-state index contributed by atoms with van der Waals surface area (Å²) in [5.41, 5.74) is 12.3. The molecule has 0 aromatic heterocycles. The summed E-state index contributed by atoms with van der Waals surface area (Å²) in [4.78, 5) is 60.4. The molecule has 0 fully saturated rings. The van der Waals surface area contributed by atoms with E-state index in [1.54, 1.807) is 60.7 Å². The minimum absolute atomic E-state index is 0.0799. The van der Waals surface area contributed by atoms with Crippen LogP contribution in [0.15, 0.2) is 60.7 Å². The van der Waals surface area contributed by atoms with Crippen LogP contribution in [0.3, 0.4) is 0 Å². The van der Waals surface area contributed by atoms with Crippen molar-refractivity contribution in [2.75, 3.05) is 6.54 Å².